The van der Waals surface area contributed by atoms with Gasteiger partial charge in [0.25, 0.3) is 0 Å². The molecule has 1 aliphatic carbocycles. The Labute approximate surface area is 268 Å². The molecule has 46 heavy (non-hydrogen) atoms. The molecular formula is C44H28N2. The lowest BCUT2D eigenvalue weighted by atomic mass is 9.94. The Morgan fingerprint density at radius 3 is 1.39 bits per heavy atom. The molecule has 0 saturated carbocycles. The summed E-state index contributed by atoms with van der Waals surface area (Å²) in [6.07, 6.45) is 0. The van der Waals surface area contributed by atoms with Crippen LogP contribution in [0.5, 0.6) is 0 Å². The maximum Gasteiger partial charge on any atom is 0.160 e. The monoisotopic (exact) mass is 584 g/mol. The van der Waals surface area contributed by atoms with Crippen molar-refractivity contribution in [2.45, 2.75) is 0 Å². The number of nitrogens with zero attached hydrogens (tertiary/aromatic N) is 2. The van der Waals surface area contributed by atoms with Crippen LogP contribution in [0.1, 0.15) is 0 Å². The third kappa shape index (κ3) is 4.51. The Balaban J connectivity index is 1.04. The summed E-state index contributed by atoms with van der Waals surface area (Å²) >= 11 is 0. The molecule has 1 aliphatic rings. The van der Waals surface area contributed by atoms with Crippen molar-refractivity contribution in [3.8, 4) is 78.4 Å². The fourth-order valence-corrected chi connectivity index (χ4v) is 6.74. The first-order valence-electron chi connectivity index (χ1n) is 15.7. The van der Waals surface area contributed by atoms with Crippen molar-refractivity contribution < 1.29 is 0 Å². The van der Waals surface area contributed by atoms with Gasteiger partial charge in [-0.1, -0.05) is 152 Å². The predicted molar refractivity (Wildman–Crippen MR) is 191 cm³/mol. The third-order valence-corrected chi connectivity index (χ3v) is 9.04. The maximum absolute atomic E-state index is 4.99. The van der Waals surface area contributed by atoms with Crippen molar-refractivity contribution >= 4 is 10.8 Å². The highest BCUT2D eigenvalue weighted by atomic mass is 14.9. The van der Waals surface area contributed by atoms with Gasteiger partial charge in [-0.3, -0.25) is 0 Å². The summed E-state index contributed by atoms with van der Waals surface area (Å²) < 4.78 is 0. The van der Waals surface area contributed by atoms with Crippen molar-refractivity contribution in [1.29, 1.82) is 0 Å². The van der Waals surface area contributed by atoms with Gasteiger partial charge in [0.2, 0.25) is 0 Å². The fourth-order valence-electron chi connectivity index (χ4n) is 6.74. The van der Waals surface area contributed by atoms with Gasteiger partial charge in [-0.15, -0.1) is 0 Å². The SMILES string of the molecule is c1ccc(-c2cc(-c3ccc(-c4ccc(-c5cc6c7c(cccc7c5)-c5ccccc5-6)cc4)cc3)nc(-c3ccccc3)n2)cc1. The smallest absolute Gasteiger partial charge is 0.160 e. The standard InChI is InChI=1S/C44H28N2/c1-3-10-32(11-4-1)41-28-42(46-44(45-41)34-12-5-2-6-13-34)33-24-22-30(23-25-33)29-18-20-31(21-19-29)36-26-35-14-9-17-39-37-15-7-8-16-38(37)40(27-36)43(35)39/h1-28H. The zero-order valence-electron chi connectivity index (χ0n) is 25.1. The zero-order chi connectivity index (χ0) is 30.5. The number of hydrogen-bond donors (Lipinski definition) is 0. The van der Waals surface area contributed by atoms with Crippen LogP contribution in [-0.4, -0.2) is 9.97 Å². The lowest BCUT2D eigenvalue weighted by Crippen LogP contribution is -1.95. The first-order chi connectivity index (χ1) is 22.8. The molecule has 0 unspecified atom stereocenters. The molecule has 2 nitrogen and oxygen atoms in total. The van der Waals surface area contributed by atoms with Crippen LogP contribution in [0.25, 0.3) is 89.2 Å². The van der Waals surface area contributed by atoms with Crippen LogP contribution >= 0.6 is 0 Å². The van der Waals surface area contributed by atoms with Gasteiger partial charge >= 0.3 is 0 Å². The molecule has 8 aromatic rings. The Hall–Kier alpha value is -6.12. The lowest BCUT2D eigenvalue weighted by Gasteiger charge is -2.11. The van der Waals surface area contributed by atoms with Gasteiger partial charge in [0.15, 0.2) is 5.82 Å². The van der Waals surface area contributed by atoms with Crippen molar-refractivity contribution in [1.82, 2.24) is 9.97 Å². The van der Waals surface area contributed by atoms with E-state index in [9.17, 15) is 0 Å². The minimum Gasteiger partial charge on any atom is -0.228 e. The Morgan fingerprint density at radius 1 is 0.283 bits per heavy atom. The summed E-state index contributed by atoms with van der Waals surface area (Å²) in [5.74, 6) is 0.726. The topological polar surface area (TPSA) is 25.8 Å². The molecule has 2 heteroatoms. The quantitative estimate of drug-likeness (QED) is 0.201. The Kier molecular flexibility index (Phi) is 6.17. The molecule has 0 bridgehead atoms. The normalized spacial score (nSPS) is 11.5. The molecule has 0 fully saturated rings. The van der Waals surface area contributed by atoms with Crippen LogP contribution < -0.4 is 0 Å². The van der Waals surface area contributed by atoms with E-state index in [0.29, 0.717) is 0 Å². The summed E-state index contributed by atoms with van der Waals surface area (Å²) in [5, 5.41) is 2.65. The minimum atomic E-state index is 0.726. The van der Waals surface area contributed by atoms with E-state index in [-0.39, 0.29) is 0 Å². The second-order valence-corrected chi connectivity index (χ2v) is 11.8. The van der Waals surface area contributed by atoms with E-state index >= 15 is 0 Å². The second-order valence-electron chi connectivity index (χ2n) is 11.8. The van der Waals surface area contributed by atoms with Crippen LogP contribution in [-0.2, 0) is 0 Å². The number of rotatable bonds is 5. The zero-order valence-corrected chi connectivity index (χ0v) is 25.1. The van der Waals surface area contributed by atoms with E-state index in [1.54, 1.807) is 0 Å². The molecule has 0 saturated heterocycles. The second kappa shape index (κ2) is 10.8. The molecule has 1 aromatic heterocycles. The largest absolute Gasteiger partial charge is 0.228 e. The first-order valence-corrected chi connectivity index (χ1v) is 15.7. The Morgan fingerprint density at radius 2 is 0.761 bits per heavy atom. The molecule has 0 radical (unpaired) electrons. The molecule has 0 spiro atoms. The van der Waals surface area contributed by atoms with E-state index in [2.05, 4.69) is 133 Å². The van der Waals surface area contributed by atoms with Gasteiger partial charge in [-0.05, 0) is 73.5 Å². The number of benzene rings is 7. The van der Waals surface area contributed by atoms with Crippen LogP contribution in [0.15, 0.2) is 170 Å². The highest BCUT2D eigenvalue weighted by molar-refractivity contribution is 6.16. The van der Waals surface area contributed by atoms with Gasteiger partial charge in [-0.2, -0.15) is 0 Å². The van der Waals surface area contributed by atoms with Crippen LogP contribution in [0.4, 0.5) is 0 Å². The van der Waals surface area contributed by atoms with E-state index in [1.165, 1.54) is 55.3 Å². The first kappa shape index (κ1) is 26.3. The van der Waals surface area contributed by atoms with Gasteiger partial charge in [0.05, 0.1) is 11.4 Å². The summed E-state index contributed by atoms with van der Waals surface area (Å²) in [5.41, 5.74) is 15.1. The van der Waals surface area contributed by atoms with Crippen molar-refractivity contribution in [3.63, 3.8) is 0 Å². The average Bonchev–Trinajstić information content (AvgIpc) is 3.47. The summed E-state index contributed by atoms with van der Waals surface area (Å²) in [6.45, 7) is 0. The van der Waals surface area contributed by atoms with Crippen LogP contribution in [0.3, 0.4) is 0 Å². The van der Waals surface area contributed by atoms with E-state index < -0.39 is 0 Å². The molecule has 0 N–H and O–H groups in total. The molecule has 0 amide bonds. The van der Waals surface area contributed by atoms with E-state index in [1.807, 2.05) is 36.4 Å². The fraction of sp³-hybridized carbons (Fsp3) is 0. The van der Waals surface area contributed by atoms with E-state index in [4.69, 9.17) is 9.97 Å². The highest BCUT2D eigenvalue weighted by Crippen LogP contribution is 2.48. The van der Waals surface area contributed by atoms with Gasteiger partial charge in [0, 0.05) is 16.7 Å². The summed E-state index contributed by atoms with van der Waals surface area (Å²) in [4.78, 5) is 9.92. The summed E-state index contributed by atoms with van der Waals surface area (Å²) in [7, 11) is 0. The van der Waals surface area contributed by atoms with Crippen molar-refractivity contribution in [2.24, 2.45) is 0 Å². The predicted octanol–water partition coefficient (Wildman–Crippen LogP) is 11.6. The highest BCUT2D eigenvalue weighted by Gasteiger charge is 2.21. The number of hydrogen-bond acceptors (Lipinski definition) is 2. The summed E-state index contributed by atoms with van der Waals surface area (Å²) in [6, 6.07) is 60.3. The lowest BCUT2D eigenvalue weighted by molar-refractivity contribution is 1.18. The molecule has 214 valence electrons. The third-order valence-electron chi connectivity index (χ3n) is 9.04. The number of fused-ring (bicyclic) bond motifs is 3. The molecule has 0 aliphatic heterocycles. The molecule has 0 atom stereocenters. The van der Waals surface area contributed by atoms with Crippen molar-refractivity contribution in [2.75, 3.05) is 0 Å². The molecule has 7 aromatic carbocycles. The van der Waals surface area contributed by atoms with Gasteiger partial charge in [-0.25, -0.2) is 9.97 Å². The minimum absolute atomic E-state index is 0.726. The van der Waals surface area contributed by atoms with Crippen LogP contribution in [0.2, 0.25) is 0 Å². The van der Waals surface area contributed by atoms with E-state index in [0.717, 1.165) is 33.9 Å². The molecule has 9 rings (SSSR count). The molecule has 1 heterocycles. The van der Waals surface area contributed by atoms with Crippen molar-refractivity contribution in [3.05, 3.63) is 170 Å². The average molecular weight is 585 g/mol. The Bertz CT molecular complexity index is 2320. The number of aromatic nitrogens is 2. The van der Waals surface area contributed by atoms with Crippen LogP contribution in [0, 0.1) is 0 Å². The van der Waals surface area contributed by atoms with Gasteiger partial charge in [0.1, 0.15) is 0 Å². The molecular weight excluding hydrogens is 556 g/mol. The van der Waals surface area contributed by atoms with Gasteiger partial charge < -0.3 is 0 Å². The maximum atomic E-state index is 4.99.